The van der Waals surface area contributed by atoms with Crippen molar-refractivity contribution in [3.63, 3.8) is 0 Å². The smallest absolute Gasteiger partial charge is 0.409 e. The molecule has 1 aromatic carbocycles. The number of hydrogen-bond acceptors (Lipinski definition) is 6. The summed E-state index contributed by atoms with van der Waals surface area (Å²) in [4.78, 5) is 30.2. The highest BCUT2D eigenvalue weighted by Crippen LogP contribution is 2.25. The van der Waals surface area contributed by atoms with Crippen molar-refractivity contribution in [2.24, 2.45) is 0 Å². The second-order valence-corrected chi connectivity index (χ2v) is 9.35. The molecule has 0 N–H and O–H groups in total. The number of amides is 2. The second kappa shape index (κ2) is 8.91. The average molecular weight is 410 g/mol. The number of sulfone groups is 1. The van der Waals surface area contributed by atoms with E-state index >= 15 is 0 Å². The zero-order chi connectivity index (χ0) is 20.1. The van der Waals surface area contributed by atoms with Gasteiger partial charge in [0.05, 0.1) is 30.7 Å². The summed E-state index contributed by atoms with van der Waals surface area (Å²) in [6.07, 6.45) is 0.134. The summed E-state index contributed by atoms with van der Waals surface area (Å²) in [5.74, 6) is 0.00872. The number of hydrogen-bond donors (Lipinski definition) is 0. The summed E-state index contributed by atoms with van der Waals surface area (Å²) in [5, 5.41) is 0. The minimum absolute atomic E-state index is 0.00424. The molecule has 0 aliphatic carbocycles. The Morgan fingerprint density at radius 2 is 1.82 bits per heavy atom. The first-order chi connectivity index (χ1) is 13.4. The Bertz CT molecular complexity index is 791. The predicted molar refractivity (Wildman–Crippen MR) is 106 cm³/mol. The number of nitrogens with zero attached hydrogens (tertiary/aromatic N) is 3. The van der Waals surface area contributed by atoms with Gasteiger partial charge in [0, 0.05) is 31.9 Å². The highest BCUT2D eigenvalue weighted by Gasteiger charge is 2.36. The van der Waals surface area contributed by atoms with Crippen LogP contribution < -0.4 is 4.90 Å². The second-order valence-electron chi connectivity index (χ2n) is 7.12. The quantitative estimate of drug-likeness (QED) is 0.721. The van der Waals surface area contributed by atoms with E-state index in [1.807, 2.05) is 35.2 Å². The topological polar surface area (TPSA) is 87.2 Å². The summed E-state index contributed by atoms with van der Waals surface area (Å²) in [7, 11) is -3.10. The van der Waals surface area contributed by atoms with Crippen LogP contribution in [0, 0.1) is 0 Å². The third-order valence-electron chi connectivity index (χ3n) is 5.13. The molecule has 9 heteroatoms. The zero-order valence-corrected chi connectivity index (χ0v) is 16.9. The van der Waals surface area contributed by atoms with Gasteiger partial charge in [-0.05, 0) is 25.5 Å². The van der Waals surface area contributed by atoms with Crippen molar-refractivity contribution in [3.05, 3.63) is 30.3 Å². The van der Waals surface area contributed by atoms with E-state index in [0.29, 0.717) is 39.2 Å². The van der Waals surface area contributed by atoms with E-state index in [1.54, 1.807) is 16.7 Å². The molecule has 0 saturated carbocycles. The molecule has 1 atom stereocenters. The van der Waals surface area contributed by atoms with E-state index in [9.17, 15) is 18.0 Å². The van der Waals surface area contributed by atoms with Crippen LogP contribution in [0.1, 0.15) is 13.3 Å². The van der Waals surface area contributed by atoms with Gasteiger partial charge in [-0.25, -0.2) is 13.2 Å². The molecule has 0 spiro atoms. The summed E-state index contributed by atoms with van der Waals surface area (Å²) in [6, 6.07) is 8.89. The molecule has 2 aliphatic heterocycles. The van der Waals surface area contributed by atoms with Crippen molar-refractivity contribution in [2.75, 3.05) is 55.7 Å². The van der Waals surface area contributed by atoms with Gasteiger partial charge < -0.3 is 14.5 Å². The fraction of sp³-hybridized carbons (Fsp3) is 0.579. The standard InChI is InChI=1S/C19H27N3O5S/c1-2-27-19(24)21-11-9-20(10-12-21)14-18(23)22(16-6-4-3-5-7-16)17-8-13-28(25,26)15-17/h3-7,17H,2,8-15H2,1H3/t17-/m0/s1. The highest BCUT2D eigenvalue weighted by molar-refractivity contribution is 7.91. The van der Waals surface area contributed by atoms with Crippen LogP contribution >= 0.6 is 0 Å². The molecule has 2 heterocycles. The third kappa shape index (κ3) is 5.02. The zero-order valence-electron chi connectivity index (χ0n) is 16.1. The number of rotatable bonds is 5. The van der Waals surface area contributed by atoms with Gasteiger partial charge in [0.1, 0.15) is 0 Å². The van der Waals surface area contributed by atoms with Crippen LogP contribution in [0.25, 0.3) is 0 Å². The molecule has 0 radical (unpaired) electrons. The molecule has 0 bridgehead atoms. The maximum absolute atomic E-state index is 13.1. The molecule has 2 aliphatic rings. The number of para-hydroxylation sites is 1. The number of carbonyl (C=O) groups excluding carboxylic acids is 2. The Morgan fingerprint density at radius 3 is 2.39 bits per heavy atom. The van der Waals surface area contributed by atoms with Gasteiger partial charge in [-0.15, -0.1) is 0 Å². The lowest BCUT2D eigenvalue weighted by molar-refractivity contribution is -0.120. The molecular weight excluding hydrogens is 382 g/mol. The monoisotopic (exact) mass is 409 g/mol. The lowest BCUT2D eigenvalue weighted by atomic mass is 10.1. The van der Waals surface area contributed by atoms with Crippen molar-refractivity contribution >= 4 is 27.5 Å². The van der Waals surface area contributed by atoms with E-state index in [1.165, 1.54) is 0 Å². The van der Waals surface area contributed by atoms with Crippen molar-refractivity contribution in [1.82, 2.24) is 9.80 Å². The first kappa shape index (κ1) is 20.6. The van der Waals surface area contributed by atoms with Gasteiger partial charge >= 0.3 is 6.09 Å². The number of carbonyl (C=O) groups is 2. The lowest BCUT2D eigenvalue weighted by Crippen LogP contribution is -2.53. The minimum atomic E-state index is -3.10. The summed E-state index contributed by atoms with van der Waals surface area (Å²) >= 11 is 0. The molecule has 3 rings (SSSR count). The maximum atomic E-state index is 13.1. The average Bonchev–Trinajstić information content (AvgIpc) is 3.03. The molecule has 154 valence electrons. The van der Waals surface area contributed by atoms with Crippen molar-refractivity contribution < 1.29 is 22.7 Å². The molecule has 0 aromatic heterocycles. The van der Waals surface area contributed by atoms with Crippen LogP contribution in [0.15, 0.2) is 30.3 Å². The van der Waals surface area contributed by atoms with E-state index in [4.69, 9.17) is 4.74 Å². The Balaban J connectivity index is 1.65. The predicted octanol–water partition coefficient (Wildman–Crippen LogP) is 0.981. The Kier molecular flexibility index (Phi) is 6.56. The molecule has 0 unspecified atom stereocenters. The number of benzene rings is 1. The van der Waals surface area contributed by atoms with Crippen molar-refractivity contribution in [3.8, 4) is 0 Å². The number of ether oxygens (including phenoxy) is 1. The van der Waals surface area contributed by atoms with Crippen LogP contribution in [-0.2, 0) is 19.4 Å². The van der Waals surface area contributed by atoms with Crippen LogP contribution in [0.2, 0.25) is 0 Å². The molecular formula is C19H27N3O5S. The van der Waals surface area contributed by atoms with Gasteiger partial charge in [-0.3, -0.25) is 9.69 Å². The van der Waals surface area contributed by atoms with Crippen LogP contribution in [0.3, 0.4) is 0 Å². The Labute approximate surface area is 166 Å². The summed E-state index contributed by atoms with van der Waals surface area (Å²) in [5.41, 5.74) is 0.722. The fourth-order valence-electron chi connectivity index (χ4n) is 3.70. The highest BCUT2D eigenvalue weighted by atomic mass is 32.2. The van der Waals surface area contributed by atoms with Crippen LogP contribution in [0.4, 0.5) is 10.5 Å². The maximum Gasteiger partial charge on any atom is 0.409 e. The number of anilines is 1. The largest absolute Gasteiger partial charge is 0.450 e. The molecule has 8 nitrogen and oxygen atoms in total. The lowest BCUT2D eigenvalue weighted by Gasteiger charge is -2.36. The van der Waals surface area contributed by atoms with Gasteiger partial charge in [0.2, 0.25) is 5.91 Å². The van der Waals surface area contributed by atoms with Gasteiger partial charge in [-0.2, -0.15) is 0 Å². The first-order valence-corrected chi connectivity index (χ1v) is 11.4. The Morgan fingerprint density at radius 1 is 1.14 bits per heavy atom. The van der Waals surface area contributed by atoms with E-state index in [2.05, 4.69) is 0 Å². The van der Waals surface area contributed by atoms with E-state index < -0.39 is 9.84 Å². The Hall–Kier alpha value is -2.13. The SMILES string of the molecule is CCOC(=O)N1CCN(CC(=O)N(c2ccccc2)[C@H]2CCS(=O)(=O)C2)CC1. The molecule has 2 amide bonds. The van der Waals surface area contributed by atoms with E-state index in [-0.39, 0.29) is 36.1 Å². The van der Waals surface area contributed by atoms with Gasteiger partial charge in [-0.1, -0.05) is 18.2 Å². The molecule has 2 saturated heterocycles. The summed E-state index contributed by atoms with van der Waals surface area (Å²) < 4.78 is 28.9. The third-order valence-corrected chi connectivity index (χ3v) is 6.88. The minimum Gasteiger partial charge on any atom is -0.450 e. The summed E-state index contributed by atoms with van der Waals surface area (Å²) in [6.45, 7) is 4.49. The van der Waals surface area contributed by atoms with E-state index in [0.717, 1.165) is 5.69 Å². The molecule has 28 heavy (non-hydrogen) atoms. The van der Waals surface area contributed by atoms with Gasteiger partial charge in [0.25, 0.3) is 0 Å². The van der Waals surface area contributed by atoms with Crippen LogP contribution in [-0.4, -0.2) is 87.1 Å². The van der Waals surface area contributed by atoms with Crippen molar-refractivity contribution in [1.29, 1.82) is 0 Å². The van der Waals surface area contributed by atoms with Gasteiger partial charge in [0.15, 0.2) is 9.84 Å². The van der Waals surface area contributed by atoms with Crippen molar-refractivity contribution in [2.45, 2.75) is 19.4 Å². The number of piperazine rings is 1. The fourth-order valence-corrected chi connectivity index (χ4v) is 5.40. The molecule has 2 fully saturated rings. The normalized spacial score (nSPS) is 22.0. The molecule has 1 aromatic rings. The van der Waals surface area contributed by atoms with Crippen LogP contribution in [0.5, 0.6) is 0 Å². The first-order valence-electron chi connectivity index (χ1n) is 9.61.